The molecule has 0 saturated carbocycles. The minimum absolute atomic E-state index is 0.189. The molecule has 3 aromatic rings. The van der Waals surface area contributed by atoms with Gasteiger partial charge in [0.1, 0.15) is 11.8 Å². The molecular formula is C21H22N4O3. The number of carbonyl (C=O) groups excluding carboxylic acids is 1. The van der Waals surface area contributed by atoms with Gasteiger partial charge in [-0.25, -0.2) is 4.79 Å². The quantitative estimate of drug-likeness (QED) is 0.727. The van der Waals surface area contributed by atoms with E-state index in [9.17, 15) is 4.79 Å². The smallest absolute Gasteiger partial charge is 0.322 e. The fourth-order valence-electron chi connectivity index (χ4n) is 3.43. The van der Waals surface area contributed by atoms with Crippen LogP contribution in [-0.4, -0.2) is 34.7 Å². The number of carbonyl (C=O) groups is 1. The molecule has 7 nitrogen and oxygen atoms in total. The summed E-state index contributed by atoms with van der Waals surface area (Å²) in [6, 6.07) is 14.8. The molecule has 144 valence electrons. The van der Waals surface area contributed by atoms with Gasteiger partial charge in [0.15, 0.2) is 0 Å². The summed E-state index contributed by atoms with van der Waals surface area (Å²) in [4.78, 5) is 19.1. The van der Waals surface area contributed by atoms with Crippen LogP contribution in [0.1, 0.15) is 30.3 Å². The minimum Gasteiger partial charge on any atom is -0.497 e. The van der Waals surface area contributed by atoms with Crippen molar-refractivity contribution in [2.45, 2.75) is 25.8 Å². The molecule has 2 aromatic carbocycles. The number of rotatable bonds is 4. The average molecular weight is 378 g/mol. The summed E-state index contributed by atoms with van der Waals surface area (Å²) < 4.78 is 10.7. The number of methoxy groups -OCH3 is 1. The van der Waals surface area contributed by atoms with Crippen LogP contribution in [0.4, 0.5) is 10.5 Å². The second-order valence-electron chi connectivity index (χ2n) is 6.84. The van der Waals surface area contributed by atoms with Crippen LogP contribution in [0.3, 0.4) is 0 Å². The second-order valence-corrected chi connectivity index (χ2v) is 6.84. The van der Waals surface area contributed by atoms with Crippen LogP contribution in [0.25, 0.3) is 11.4 Å². The molecule has 1 fully saturated rings. The zero-order valence-electron chi connectivity index (χ0n) is 15.9. The lowest BCUT2D eigenvalue weighted by molar-refractivity contribution is 0.193. The Bertz CT molecular complexity index is 985. The maximum Gasteiger partial charge on any atom is 0.322 e. The molecule has 0 aliphatic carbocycles. The summed E-state index contributed by atoms with van der Waals surface area (Å²) in [5.41, 5.74) is 2.71. The first kappa shape index (κ1) is 18.0. The highest BCUT2D eigenvalue weighted by Crippen LogP contribution is 2.32. The van der Waals surface area contributed by atoms with E-state index in [0.717, 1.165) is 24.0 Å². The van der Waals surface area contributed by atoms with E-state index in [1.807, 2.05) is 49.4 Å². The topological polar surface area (TPSA) is 80.5 Å². The van der Waals surface area contributed by atoms with E-state index < -0.39 is 0 Å². The summed E-state index contributed by atoms with van der Waals surface area (Å²) in [6.07, 6.45) is 1.68. The van der Waals surface area contributed by atoms with E-state index in [1.165, 1.54) is 0 Å². The SMILES string of the molecule is COc1cccc(NC(=O)N2CCC[C@H]2c2nc(-c3cccc(C)c3)no2)c1. The molecule has 28 heavy (non-hydrogen) atoms. The van der Waals surface area contributed by atoms with E-state index >= 15 is 0 Å². The Morgan fingerprint density at radius 2 is 2.11 bits per heavy atom. The first-order valence-electron chi connectivity index (χ1n) is 9.26. The van der Waals surface area contributed by atoms with Crippen molar-refractivity contribution in [3.8, 4) is 17.1 Å². The predicted molar refractivity (Wildman–Crippen MR) is 105 cm³/mol. The third-order valence-corrected chi connectivity index (χ3v) is 4.84. The summed E-state index contributed by atoms with van der Waals surface area (Å²) in [5.74, 6) is 1.70. The molecule has 2 amide bonds. The van der Waals surface area contributed by atoms with Crippen molar-refractivity contribution in [3.05, 3.63) is 60.0 Å². The zero-order valence-corrected chi connectivity index (χ0v) is 15.9. The van der Waals surface area contributed by atoms with Crippen LogP contribution >= 0.6 is 0 Å². The Hall–Kier alpha value is -3.35. The van der Waals surface area contributed by atoms with Crippen molar-refractivity contribution in [2.75, 3.05) is 19.0 Å². The van der Waals surface area contributed by atoms with E-state index in [4.69, 9.17) is 9.26 Å². The van der Waals surface area contributed by atoms with E-state index in [-0.39, 0.29) is 12.1 Å². The molecule has 1 aliphatic heterocycles. The highest BCUT2D eigenvalue weighted by atomic mass is 16.5. The highest BCUT2D eigenvalue weighted by Gasteiger charge is 2.34. The van der Waals surface area contributed by atoms with E-state index in [2.05, 4.69) is 15.5 Å². The molecule has 1 saturated heterocycles. The maximum atomic E-state index is 12.8. The van der Waals surface area contributed by atoms with Crippen LogP contribution < -0.4 is 10.1 Å². The normalized spacial score (nSPS) is 16.2. The Morgan fingerprint density at radius 1 is 1.25 bits per heavy atom. The summed E-state index contributed by atoms with van der Waals surface area (Å²) in [6.45, 7) is 2.66. The summed E-state index contributed by atoms with van der Waals surface area (Å²) >= 11 is 0. The average Bonchev–Trinajstić information content (AvgIpc) is 3.37. The molecular weight excluding hydrogens is 356 g/mol. The minimum atomic E-state index is -0.225. The molecule has 0 spiro atoms. The lowest BCUT2D eigenvalue weighted by Crippen LogP contribution is -2.34. The molecule has 4 rings (SSSR count). The van der Waals surface area contributed by atoms with Gasteiger partial charge < -0.3 is 19.5 Å². The number of aryl methyl sites for hydroxylation is 1. The van der Waals surface area contributed by atoms with Gasteiger partial charge in [0.2, 0.25) is 11.7 Å². The predicted octanol–water partition coefficient (Wildman–Crippen LogP) is 4.42. The van der Waals surface area contributed by atoms with Crippen molar-refractivity contribution in [1.82, 2.24) is 15.0 Å². The first-order valence-corrected chi connectivity index (χ1v) is 9.26. The highest BCUT2D eigenvalue weighted by molar-refractivity contribution is 5.90. The van der Waals surface area contributed by atoms with Gasteiger partial charge in [-0.15, -0.1) is 0 Å². The van der Waals surface area contributed by atoms with Gasteiger partial charge in [-0.1, -0.05) is 35.0 Å². The van der Waals surface area contributed by atoms with Crippen LogP contribution in [0.2, 0.25) is 0 Å². The lowest BCUT2D eigenvalue weighted by Gasteiger charge is -2.22. The number of likely N-dealkylation sites (tertiary alicyclic amines) is 1. The first-order chi connectivity index (χ1) is 13.6. The van der Waals surface area contributed by atoms with Crippen LogP contribution in [0.5, 0.6) is 5.75 Å². The van der Waals surface area contributed by atoms with Crippen molar-refractivity contribution < 1.29 is 14.1 Å². The number of nitrogens with one attached hydrogen (secondary N) is 1. The molecule has 1 N–H and O–H groups in total. The molecule has 0 unspecified atom stereocenters. The van der Waals surface area contributed by atoms with Crippen LogP contribution in [-0.2, 0) is 0 Å². The largest absolute Gasteiger partial charge is 0.497 e. The third-order valence-electron chi connectivity index (χ3n) is 4.84. The van der Waals surface area contributed by atoms with E-state index in [0.29, 0.717) is 29.7 Å². The van der Waals surface area contributed by atoms with Crippen molar-refractivity contribution in [3.63, 3.8) is 0 Å². The summed E-state index contributed by atoms with van der Waals surface area (Å²) in [5, 5.41) is 7.03. The number of anilines is 1. The Balaban J connectivity index is 1.51. The molecule has 1 aliphatic rings. The maximum absolute atomic E-state index is 12.8. The lowest BCUT2D eigenvalue weighted by atomic mass is 10.1. The number of ether oxygens (including phenoxy) is 1. The fraction of sp³-hybridized carbons (Fsp3) is 0.286. The number of aromatic nitrogens is 2. The number of benzene rings is 2. The van der Waals surface area contributed by atoms with Gasteiger partial charge in [0.25, 0.3) is 0 Å². The Labute approximate surface area is 163 Å². The van der Waals surface area contributed by atoms with Crippen LogP contribution in [0.15, 0.2) is 53.1 Å². The number of urea groups is 1. The monoisotopic (exact) mass is 378 g/mol. The van der Waals surface area contributed by atoms with Gasteiger partial charge in [0, 0.05) is 23.9 Å². The van der Waals surface area contributed by atoms with Gasteiger partial charge in [0.05, 0.1) is 7.11 Å². The molecule has 0 radical (unpaired) electrons. The molecule has 2 heterocycles. The standard InChI is InChI=1S/C21H22N4O3/c1-14-6-3-7-15(12-14)19-23-20(28-24-19)18-10-5-11-25(18)21(26)22-16-8-4-9-17(13-16)27-2/h3-4,6-9,12-13,18H,5,10-11H2,1-2H3,(H,22,26)/t18-/m0/s1. The zero-order chi connectivity index (χ0) is 19.5. The fourth-order valence-corrected chi connectivity index (χ4v) is 3.43. The number of amides is 2. The van der Waals surface area contributed by atoms with Gasteiger partial charge in [-0.2, -0.15) is 4.98 Å². The van der Waals surface area contributed by atoms with Crippen molar-refractivity contribution >= 4 is 11.7 Å². The van der Waals surface area contributed by atoms with Crippen molar-refractivity contribution in [1.29, 1.82) is 0 Å². The van der Waals surface area contributed by atoms with Gasteiger partial charge in [-0.3, -0.25) is 0 Å². The Kier molecular flexibility index (Phi) is 4.97. The number of hydrogen-bond donors (Lipinski definition) is 1. The third kappa shape index (κ3) is 3.69. The van der Waals surface area contributed by atoms with Gasteiger partial charge in [-0.05, 0) is 38.0 Å². The molecule has 1 atom stereocenters. The molecule has 0 bridgehead atoms. The van der Waals surface area contributed by atoms with Crippen molar-refractivity contribution in [2.24, 2.45) is 0 Å². The van der Waals surface area contributed by atoms with E-state index in [1.54, 1.807) is 18.1 Å². The van der Waals surface area contributed by atoms with Gasteiger partial charge >= 0.3 is 6.03 Å². The Morgan fingerprint density at radius 3 is 2.93 bits per heavy atom. The number of hydrogen-bond acceptors (Lipinski definition) is 5. The van der Waals surface area contributed by atoms with Crippen LogP contribution in [0, 0.1) is 6.92 Å². The second kappa shape index (κ2) is 7.72. The molecule has 1 aromatic heterocycles. The number of nitrogens with zero attached hydrogens (tertiary/aromatic N) is 3. The molecule has 7 heteroatoms. The summed E-state index contributed by atoms with van der Waals surface area (Å²) in [7, 11) is 1.60.